The van der Waals surface area contributed by atoms with Gasteiger partial charge in [-0.1, -0.05) is 196 Å². The van der Waals surface area contributed by atoms with E-state index in [0.717, 1.165) is 83.5 Å². The van der Waals surface area contributed by atoms with Gasteiger partial charge in [-0.3, -0.25) is 9.59 Å². The molecule has 0 saturated carbocycles. The van der Waals surface area contributed by atoms with E-state index in [1.165, 1.54) is 109 Å². The molecule has 0 radical (unpaired) electrons. The minimum absolute atomic E-state index is 0.0780. The summed E-state index contributed by atoms with van der Waals surface area (Å²) in [6, 6.07) is 0. The Balaban J connectivity index is 3.53. The molecular formula is C51H88O5. The van der Waals surface area contributed by atoms with Crippen LogP contribution in [0, 0.1) is 0 Å². The quantitative estimate of drug-likeness (QED) is 0.0379. The van der Waals surface area contributed by atoms with E-state index < -0.39 is 6.10 Å². The lowest BCUT2D eigenvalue weighted by Gasteiger charge is -2.15. The van der Waals surface area contributed by atoms with E-state index in [0.29, 0.717) is 12.8 Å². The van der Waals surface area contributed by atoms with Crippen LogP contribution < -0.4 is 0 Å². The molecule has 0 fully saturated rings. The number of allylic oxidation sites excluding steroid dienone is 12. The standard InChI is InChI=1S/C51H88O5/c1-3-5-7-9-11-13-15-17-19-20-21-22-23-24-25-26-27-28-29-30-32-34-36-38-40-42-44-46-51(54)56-49(47-52)48-55-50(53)45-43-41-39-37-35-33-31-18-16-14-12-10-8-6-4-2/h6,8,12,14-15,17-18,20-21,23-24,31,49,52H,3-5,7,9-11,13,16,19,22,25-30,32-48H2,1-2H3/b8-6-,14-12-,17-15-,21-20-,24-23-,31-18-. The van der Waals surface area contributed by atoms with Crippen LogP contribution in [0.3, 0.4) is 0 Å². The van der Waals surface area contributed by atoms with Gasteiger partial charge in [0.1, 0.15) is 6.61 Å². The van der Waals surface area contributed by atoms with Crippen LogP contribution >= 0.6 is 0 Å². The molecule has 0 aromatic heterocycles. The lowest BCUT2D eigenvalue weighted by atomic mass is 10.0. The highest BCUT2D eigenvalue weighted by molar-refractivity contribution is 5.70. The van der Waals surface area contributed by atoms with Crippen molar-refractivity contribution in [1.29, 1.82) is 0 Å². The van der Waals surface area contributed by atoms with Gasteiger partial charge < -0.3 is 14.6 Å². The summed E-state index contributed by atoms with van der Waals surface area (Å²) in [4.78, 5) is 24.4. The Labute approximate surface area is 346 Å². The van der Waals surface area contributed by atoms with Gasteiger partial charge in [0.25, 0.3) is 0 Å². The third kappa shape index (κ3) is 44.1. The van der Waals surface area contributed by atoms with E-state index in [2.05, 4.69) is 86.8 Å². The number of carbonyl (C=O) groups excluding carboxylic acids is 2. The summed E-state index contributed by atoms with van der Waals surface area (Å²) in [7, 11) is 0. The first-order valence-corrected chi connectivity index (χ1v) is 23.5. The molecule has 0 aromatic rings. The van der Waals surface area contributed by atoms with Gasteiger partial charge in [0.2, 0.25) is 0 Å². The van der Waals surface area contributed by atoms with Gasteiger partial charge in [0, 0.05) is 12.8 Å². The number of aliphatic hydroxyl groups excluding tert-OH is 1. The van der Waals surface area contributed by atoms with Gasteiger partial charge in [-0.2, -0.15) is 0 Å². The van der Waals surface area contributed by atoms with Gasteiger partial charge in [0.05, 0.1) is 6.61 Å². The number of rotatable bonds is 42. The Morgan fingerprint density at radius 1 is 0.429 bits per heavy atom. The van der Waals surface area contributed by atoms with Crippen molar-refractivity contribution in [1.82, 2.24) is 0 Å². The first-order chi connectivity index (χ1) is 27.6. The van der Waals surface area contributed by atoms with Crippen LogP contribution in [0.2, 0.25) is 0 Å². The van der Waals surface area contributed by atoms with Gasteiger partial charge in [0.15, 0.2) is 6.10 Å². The normalized spacial score (nSPS) is 12.8. The van der Waals surface area contributed by atoms with Crippen LogP contribution in [0.5, 0.6) is 0 Å². The summed E-state index contributed by atoms with van der Waals surface area (Å²) in [5, 5.41) is 9.59. The third-order valence-corrected chi connectivity index (χ3v) is 9.98. The Kier molecular flexibility index (Phi) is 44.5. The summed E-state index contributed by atoms with van der Waals surface area (Å²) in [5.74, 6) is -0.613. The van der Waals surface area contributed by atoms with Crippen molar-refractivity contribution >= 4 is 11.9 Å². The topological polar surface area (TPSA) is 72.8 Å². The molecule has 1 atom stereocenters. The monoisotopic (exact) mass is 781 g/mol. The van der Waals surface area contributed by atoms with Crippen LogP contribution in [0.15, 0.2) is 72.9 Å². The van der Waals surface area contributed by atoms with Crippen molar-refractivity contribution in [2.24, 2.45) is 0 Å². The number of hydrogen-bond donors (Lipinski definition) is 1. The smallest absolute Gasteiger partial charge is 0.306 e. The van der Waals surface area contributed by atoms with Crippen LogP contribution in [-0.4, -0.2) is 36.4 Å². The molecule has 0 amide bonds. The van der Waals surface area contributed by atoms with E-state index in [1.807, 2.05) is 0 Å². The molecule has 1 N–H and O–H groups in total. The molecule has 0 spiro atoms. The predicted molar refractivity (Wildman–Crippen MR) is 242 cm³/mol. The molecule has 0 aliphatic rings. The highest BCUT2D eigenvalue weighted by Crippen LogP contribution is 2.14. The molecule has 5 heteroatoms. The van der Waals surface area contributed by atoms with Crippen molar-refractivity contribution < 1.29 is 24.2 Å². The van der Waals surface area contributed by atoms with Crippen molar-refractivity contribution in [2.75, 3.05) is 13.2 Å². The molecule has 56 heavy (non-hydrogen) atoms. The van der Waals surface area contributed by atoms with Crippen molar-refractivity contribution in [3.63, 3.8) is 0 Å². The minimum atomic E-state index is -0.783. The number of hydrogen-bond acceptors (Lipinski definition) is 5. The maximum atomic E-state index is 12.2. The molecular weight excluding hydrogens is 693 g/mol. The summed E-state index contributed by atoms with van der Waals surface area (Å²) >= 11 is 0. The highest BCUT2D eigenvalue weighted by atomic mass is 16.6. The molecule has 0 rings (SSSR count). The average Bonchev–Trinajstić information content (AvgIpc) is 3.20. The zero-order chi connectivity index (χ0) is 40.7. The van der Waals surface area contributed by atoms with E-state index in [-0.39, 0.29) is 25.2 Å². The van der Waals surface area contributed by atoms with E-state index >= 15 is 0 Å². The number of esters is 2. The number of carbonyl (C=O) groups is 2. The van der Waals surface area contributed by atoms with E-state index in [4.69, 9.17) is 9.47 Å². The Bertz CT molecular complexity index is 1020. The molecule has 322 valence electrons. The number of aliphatic hydroxyl groups is 1. The third-order valence-electron chi connectivity index (χ3n) is 9.98. The van der Waals surface area contributed by atoms with Crippen LogP contribution in [-0.2, 0) is 19.1 Å². The Hall–Kier alpha value is -2.66. The molecule has 0 aliphatic heterocycles. The summed E-state index contributed by atoms with van der Waals surface area (Å²) < 4.78 is 10.6. The lowest BCUT2D eigenvalue weighted by Crippen LogP contribution is -2.28. The molecule has 0 aromatic carbocycles. The fourth-order valence-electron chi connectivity index (χ4n) is 6.46. The lowest BCUT2D eigenvalue weighted by molar-refractivity contribution is -0.161. The minimum Gasteiger partial charge on any atom is -0.462 e. The second kappa shape index (κ2) is 46.7. The number of unbranched alkanes of at least 4 members (excludes halogenated alkanes) is 22. The van der Waals surface area contributed by atoms with Crippen LogP contribution in [0.4, 0.5) is 0 Å². The second-order valence-electron chi connectivity index (χ2n) is 15.4. The van der Waals surface area contributed by atoms with Crippen LogP contribution in [0.1, 0.15) is 219 Å². The fourth-order valence-corrected chi connectivity index (χ4v) is 6.46. The number of ether oxygens (including phenoxy) is 2. The molecule has 0 saturated heterocycles. The first kappa shape index (κ1) is 53.3. The predicted octanol–water partition coefficient (Wildman–Crippen LogP) is 15.3. The Morgan fingerprint density at radius 3 is 1.16 bits per heavy atom. The molecule has 0 heterocycles. The van der Waals surface area contributed by atoms with Gasteiger partial charge in [-0.05, 0) is 83.5 Å². The summed E-state index contributed by atoms with van der Waals surface area (Å²) in [5.41, 5.74) is 0. The van der Waals surface area contributed by atoms with Crippen LogP contribution in [0.25, 0.3) is 0 Å². The Morgan fingerprint density at radius 2 is 0.768 bits per heavy atom. The van der Waals surface area contributed by atoms with Gasteiger partial charge in [-0.15, -0.1) is 0 Å². The molecule has 0 bridgehead atoms. The maximum Gasteiger partial charge on any atom is 0.306 e. The van der Waals surface area contributed by atoms with E-state index in [1.54, 1.807) is 0 Å². The highest BCUT2D eigenvalue weighted by Gasteiger charge is 2.16. The fraction of sp³-hybridized carbons (Fsp3) is 0.725. The molecule has 0 aliphatic carbocycles. The zero-order valence-corrected chi connectivity index (χ0v) is 36.6. The van der Waals surface area contributed by atoms with Crippen molar-refractivity contribution in [3.05, 3.63) is 72.9 Å². The van der Waals surface area contributed by atoms with Gasteiger partial charge in [-0.25, -0.2) is 0 Å². The summed E-state index contributed by atoms with van der Waals surface area (Å²) in [6.07, 6.45) is 62.7. The summed E-state index contributed by atoms with van der Waals surface area (Å²) in [6.45, 7) is 4.00. The second-order valence-corrected chi connectivity index (χ2v) is 15.4. The first-order valence-electron chi connectivity index (χ1n) is 23.5. The largest absolute Gasteiger partial charge is 0.462 e. The molecule has 5 nitrogen and oxygen atoms in total. The molecule has 1 unspecified atom stereocenters. The van der Waals surface area contributed by atoms with Gasteiger partial charge >= 0.3 is 11.9 Å². The van der Waals surface area contributed by atoms with Crippen molar-refractivity contribution in [2.45, 2.75) is 225 Å². The zero-order valence-electron chi connectivity index (χ0n) is 36.6. The van der Waals surface area contributed by atoms with E-state index in [9.17, 15) is 14.7 Å². The maximum absolute atomic E-state index is 12.2. The van der Waals surface area contributed by atoms with Crippen molar-refractivity contribution in [3.8, 4) is 0 Å². The SMILES string of the molecule is CC/C=C\C/C=C\C/C=C\CCCCCCCC(=O)OCC(CO)OC(=O)CCCCCCCCCCCCCC/C=C\C/C=C\C/C=C\CCCCCCC. The average molecular weight is 781 g/mol.